The zero-order valence-electron chi connectivity index (χ0n) is 10.2. The Morgan fingerprint density at radius 3 is 2.94 bits per heavy atom. The maximum Gasteiger partial charge on any atom is 0.125 e. The minimum absolute atomic E-state index is 0.274. The van der Waals surface area contributed by atoms with Gasteiger partial charge in [0.15, 0.2) is 0 Å². The zero-order chi connectivity index (χ0) is 12.1. The van der Waals surface area contributed by atoms with Crippen molar-refractivity contribution in [1.82, 2.24) is 15.3 Å². The van der Waals surface area contributed by atoms with E-state index in [4.69, 9.17) is 0 Å². The molecule has 3 nitrogen and oxygen atoms in total. The molecule has 0 aliphatic carbocycles. The fourth-order valence-electron chi connectivity index (χ4n) is 1.84. The summed E-state index contributed by atoms with van der Waals surface area (Å²) in [6.07, 6.45) is 2.81. The van der Waals surface area contributed by atoms with Gasteiger partial charge < -0.3 is 5.32 Å². The van der Waals surface area contributed by atoms with Crippen molar-refractivity contribution in [3.63, 3.8) is 0 Å². The van der Waals surface area contributed by atoms with Crippen LogP contribution in [0.3, 0.4) is 0 Å². The van der Waals surface area contributed by atoms with Crippen molar-refractivity contribution in [3.8, 4) is 0 Å². The van der Waals surface area contributed by atoms with Gasteiger partial charge in [-0.15, -0.1) is 0 Å². The first kappa shape index (κ1) is 12.2. The average Bonchev–Trinajstić information content (AvgIpc) is 2.81. The fourth-order valence-corrected chi connectivity index (χ4v) is 2.52. The van der Waals surface area contributed by atoms with Crippen molar-refractivity contribution in [2.24, 2.45) is 0 Å². The standard InChI is InChI=1S/C13H17N3S/c1-3-14-13(8-11-5-7-17-9-11)12-4-6-15-10(2)16-12/h4-7,9,13-14H,3,8H2,1-2H3. The molecule has 2 rings (SSSR count). The van der Waals surface area contributed by atoms with E-state index < -0.39 is 0 Å². The Hall–Kier alpha value is -1.26. The zero-order valence-corrected chi connectivity index (χ0v) is 11.0. The van der Waals surface area contributed by atoms with E-state index >= 15 is 0 Å². The van der Waals surface area contributed by atoms with Gasteiger partial charge in [0.05, 0.1) is 11.7 Å². The van der Waals surface area contributed by atoms with Gasteiger partial charge in [-0.1, -0.05) is 6.92 Å². The van der Waals surface area contributed by atoms with E-state index in [-0.39, 0.29) is 6.04 Å². The lowest BCUT2D eigenvalue weighted by Gasteiger charge is -2.16. The van der Waals surface area contributed by atoms with E-state index in [1.807, 2.05) is 19.2 Å². The number of hydrogen-bond acceptors (Lipinski definition) is 4. The van der Waals surface area contributed by atoms with Crippen LogP contribution in [-0.2, 0) is 6.42 Å². The topological polar surface area (TPSA) is 37.8 Å². The van der Waals surface area contributed by atoms with E-state index in [9.17, 15) is 0 Å². The van der Waals surface area contributed by atoms with Gasteiger partial charge in [-0.2, -0.15) is 11.3 Å². The summed E-state index contributed by atoms with van der Waals surface area (Å²) in [7, 11) is 0. The van der Waals surface area contributed by atoms with Gasteiger partial charge in [0.25, 0.3) is 0 Å². The number of thiophene rings is 1. The normalized spacial score (nSPS) is 12.6. The highest BCUT2D eigenvalue weighted by molar-refractivity contribution is 7.07. The summed E-state index contributed by atoms with van der Waals surface area (Å²) < 4.78 is 0. The molecular weight excluding hydrogens is 230 g/mol. The van der Waals surface area contributed by atoms with Crippen molar-refractivity contribution in [1.29, 1.82) is 0 Å². The van der Waals surface area contributed by atoms with E-state index in [1.54, 1.807) is 11.3 Å². The quantitative estimate of drug-likeness (QED) is 0.883. The van der Waals surface area contributed by atoms with E-state index in [2.05, 4.69) is 39.0 Å². The van der Waals surface area contributed by atoms with Crippen LogP contribution in [0, 0.1) is 6.92 Å². The van der Waals surface area contributed by atoms with Gasteiger partial charge in [-0.05, 0) is 48.3 Å². The van der Waals surface area contributed by atoms with Crippen molar-refractivity contribution < 1.29 is 0 Å². The Labute approximate surface area is 106 Å². The first-order chi connectivity index (χ1) is 8.29. The molecule has 0 saturated heterocycles. The summed E-state index contributed by atoms with van der Waals surface area (Å²) in [5.41, 5.74) is 2.43. The van der Waals surface area contributed by atoms with Crippen molar-refractivity contribution in [2.45, 2.75) is 26.3 Å². The van der Waals surface area contributed by atoms with Crippen LogP contribution in [0.2, 0.25) is 0 Å². The summed E-state index contributed by atoms with van der Waals surface area (Å²) in [5, 5.41) is 7.79. The van der Waals surface area contributed by atoms with Crippen LogP contribution in [0.1, 0.15) is 30.0 Å². The van der Waals surface area contributed by atoms with Gasteiger partial charge >= 0.3 is 0 Å². The molecule has 0 aliphatic heterocycles. The largest absolute Gasteiger partial charge is 0.309 e. The number of aromatic nitrogens is 2. The molecule has 0 aliphatic rings. The molecule has 0 spiro atoms. The number of rotatable bonds is 5. The molecule has 2 heterocycles. The molecule has 0 bridgehead atoms. The monoisotopic (exact) mass is 247 g/mol. The SMILES string of the molecule is CCNC(Cc1ccsc1)c1ccnc(C)n1. The van der Waals surface area contributed by atoms with Gasteiger partial charge in [-0.25, -0.2) is 9.97 Å². The molecule has 1 unspecified atom stereocenters. The predicted octanol–water partition coefficient (Wildman–Crippen LogP) is 2.74. The van der Waals surface area contributed by atoms with E-state index in [0.29, 0.717) is 0 Å². The molecule has 90 valence electrons. The summed E-state index contributed by atoms with van der Waals surface area (Å²) in [6.45, 7) is 4.99. The highest BCUT2D eigenvalue weighted by atomic mass is 32.1. The molecule has 0 amide bonds. The Kier molecular flexibility index (Phi) is 4.23. The molecule has 2 aromatic rings. The first-order valence-electron chi connectivity index (χ1n) is 5.83. The third kappa shape index (κ3) is 3.35. The highest BCUT2D eigenvalue weighted by Crippen LogP contribution is 2.18. The molecule has 2 aromatic heterocycles. The minimum atomic E-state index is 0.274. The molecular formula is C13H17N3S. The molecule has 0 saturated carbocycles. The average molecular weight is 247 g/mol. The van der Waals surface area contributed by atoms with Crippen LogP contribution in [0.15, 0.2) is 29.1 Å². The Bertz CT molecular complexity index is 453. The number of likely N-dealkylation sites (N-methyl/N-ethyl adjacent to an activating group) is 1. The lowest BCUT2D eigenvalue weighted by Crippen LogP contribution is -2.24. The Morgan fingerprint density at radius 2 is 2.29 bits per heavy atom. The summed E-state index contributed by atoms with van der Waals surface area (Å²) >= 11 is 1.74. The third-order valence-electron chi connectivity index (χ3n) is 2.63. The van der Waals surface area contributed by atoms with Crippen LogP contribution < -0.4 is 5.32 Å². The molecule has 4 heteroatoms. The van der Waals surface area contributed by atoms with Gasteiger partial charge in [0.2, 0.25) is 0 Å². The summed E-state index contributed by atoms with van der Waals surface area (Å²) in [4.78, 5) is 8.65. The fraction of sp³-hybridized carbons (Fsp3) is 0.385. The molecule has 0 fully saturated rings. The second-order valence-electron chi connectivity index (χ2n) is 3.97. The second-order valence-corrected chi connectivity index (χ2v) is 4.75. The molecule has 1 atom stereocenters. The van der Waals surface area contributed by atoms with Crippen molar-refractivity contribution in [3.05, 3.63) is 46.2 Å². The molecule has 0 radical (unpaired) electrons. The summed E-state index contributed by atoms with van der Waals surface area (Å²) in [6, 6.07) is 4.44. The maximum atomic E-state index is 4.50. The second kappa shape index (κ2) is 5.89. The molecule has 1 N–H and O–H groups in total. The lowest BCUT2D eigenvalue weighted by molar-refractivity contribution is 0.534. The third-order valence-corrected chi connectivity index (χ3v) is 3.36. The van der Waals surface area contributed by atoms with E-state index in [0.717, 1.165) is 24.5 Å². The predicted molar refractivity (Wildman–Crippen MR) is 71.2 cm³/mol. The molecule has 17 heavy (non-hydrogen) atoms. The smallest absolute Gasteiger partial charge is 0.125 e. The van der Waals surface area contributed by atoms with Crippen LogP contribution in [0.25, 0.3) is 0 Å². The first-order valence-corrected chi connectivity index (χ1v) is 6.78. The van der Waals surface area contributed by atoms with E-state index in [1.165, 1.54) is 5.56 Å². The van der Waals surface area contributed by atoms with Crippen molar-refractivity contribution >= 4 is 11.3 Å². The minimum Gasteiger partial charge on any atom is -0.309 e. The van der Waals surface area contributed by atoms with Gasteiger partial charge in [-0.3, -0.25) is 0 Å². The number of hydrogen-bond donors (Lipinski definition) is 1. The number of aryl methyl sites for hydroxylation is 1. The van der Waals surface area contributed by atoms with Crippen LogP contribution >= 0.6 is 11.3 Å². The number of nitrogens with zero attached hydrogens (tertiary/aromatic N) is 2. The molecule has 0 aromatic carbocycles. The highest BCUT2D eigenvalue weighted by Gasteiger charge is 2.13. The maximum absolute atomic E-state index is 4.50. The van der Waals surface area contributed by atoms with Crippen LogP contribution in [0.4, 0.5) is 0 Å². The van der Waals surface area contributed by atoms with Gasteiger partial charge in [0.1, 0.15) is 5.82 Å². The van der Waals surface area contributed by atoms with Crippen LogP contribution in [-0.4, -0.2) is 16.5 Å². The summed E-state index contributed by atoms with van der Waals surface area (Å²) in [5.74, 6) is 0.829. The van der Waals surface area contributed by atoms with Crippen LogP contribution in [0.5, 0.6) is 0 Å². The Balaban J connectivity index is 2.16. The Morgan fingerprint density at radius 1 is 1.41 bits per heavy atom. The number of nitrogens with one attached hydrogen (secondary N) is 1. The van der Waals surface area contributed by atoms with Gasteiger partial charge in [0, 0.05) is 6.20 Å². The van der Waals surface area contributed by atoms with Crippen molar-refractivity contribution in [2.75, 3.05) is 6.54 Å². The lowest BCUT2D eigenvalue weighted by atomic mass is 10.1.